The summed E-state index contributed by atoms with van der Waals surface area (Å²) in [6.45, 7) is 0.377. The summed E-state index contributed by atoms with van der Waals surface area (Å²) < 4.78 is 4.88. The fourth-order valence-electron chi connectivity index (χ4n) is 1.54. The molecule has 5 nitrogen and oxygen atoms in total. The molecule has 0 aliphatic heterocycles. The number of amides is 1. The van der Waals surface area contributed by atoms with Crippen LogP contribution in [0.4, 0.5) is 0 Å². The number of aliphatic hydroxyl groups is 1. The minimum atomic E-state index is -0.632. The molecule has 2 aromatic heterocycles. The van der Waals surface area contributed by atoms with Gasteiger partial charge in [0.1, 0.15) is 5.69 Å². The van der Waals surface area contributed by atoms with Crippen molar-refractivity contribution in [1.29, 1.82) is 0 Å². The summed E-state index contributed by atoms with van der Waals surface area (Å²) in [5.74, 6) is -0.241. The molecule has 1 atom stereocenters. The van der Waals surface area contributed by atoms with Crippen LogP contribution in [0.15, 0.2) is 47.4 Å². The molecule has 2 heterocycles. The second kappa shape index (κ2) is 5.97. The Bertz CT molecular complexity index is 482. The number of hydrogen-bond donors (Lipinski definition) is 2. The summed E-state index contributed by atoms with van der Waals surface area (Å²) in [5, 5.41) is 12.5. The van der Waals surface area contributed by atoms with Gasteiger partial charge in [0.25, 0.3) is 5.91 Å². The molecule has 1 unspecified atom stereocenters. The Morgan fingerprint density at radius 2 is 2.33 bits per heavy atom. The van der Waals surface area contributed by atoms with Crippen molar-refractivity contribution < 1.29 is 14.3 Å². The van der Waals surface area contributed by atoms with Gasteiger partial charge in [0.15, 0.2) is 0 Å². The molecule has 2 N–H and O–H groups in total. The van der Waals surface area contributed by atoms with Crippen LogP contribution in [0, 0.1) is 0 Å². The highest BCUT2D eigenvalue weighted by Gasteiger charge is 2.10. The molecule has 0 radical (unpaired) electrons. The Hall–Kier alpha value is -2.14. The van der Waals surface area contributed by atoms with E-state index in [9.17, 15) is 9.90 Å². The lowest BCUT2D eigenvalue weighted by atomic mass is 10.1. The van der Waals surface area contributed by atoms with Gasteiger partial charge in [-0.25, -0.2) is 0 Å². The molecule has 5 heteroatoms. The largest absolute Gasteiger partial charge is 0.472 e. The van der Waals surface area contributed by atoms with Gasteiger partial charge in [0.2, 0.25) is 0 Å². The highest BCUT2D eigenvalue weighted by Crippen LogP contribution is 2.15. The van der Waals surface area contributed by atoms with Gasteiger partial charge in [-0.05, 0) is 24.6 Å². The number of carbonyl (C=O) groups is 1. The predicted octanol–water partition coefficient (Wildman–Crippen LogP) is 1.53. The fourth-order valence-corrected chi connectivity index (χ4v) is 1.54. The monoisotopic (exact) mass is 246 g/mol. The zero-order valence-corrected chi connectivity index (χ0v) is 9.74. The van der Waals surface area contributed by atoms with Crippen molar-refractivity contribution >= 4 is 5.91 Å². The molecule has 0 aliphatic rings. The molecule has 2 aromatic rings. The van der Waals surface area contributed by atoms with E-state index >= 15 is 0 Å². The van der Waals surface area contributed by atoms with E-state index < -0.39 is 6.10 Å². The molecule has 0 saturated heterocycles. The topological polar surface area (TPSA) is 75.4 Å². The Balaban J connectivity index is 1.77. The summed E-state index contributed by atoms with van der Waals surface area (Å²) in [6, 6.07) is 6.84. The van der Waals surface area contributed by atoms with Gasteiger partial charge in [0.05, 0.1) is 18.6 Å². The van der Waals surface area contributed by atoms with Gasteiger partial charge in [0, 0.05) is 18.3 Å². The summed E-state index contributed by atoms with van der Waals surface area (Å²) in [7, 11) is 0. The first-order valence-electron chi connectivity index (χ1n) is 5.67. The average molecular weight is 246 g/mol. The Morgan fingerprint density at radius 1 is 1.44 bits per heavy atom. The van der Waals surface area contributed by atoms with Crippen LogP contribution in [0.2, 0.25) is 0 Å². The normalized spacial score (nSPS) is 12.1. The number of rotatable bonds is 5. The third kappa shape index (κ3) is 3.18. The summed E-state index contributed by atoms with van der Waals surface area (Å²) in [5.41, 5.74) is 1.08. The Labute approximate surface area is 104 Å². The van der Waals surface area contributed by atoms with Gasteiger partial charge < -0.3 is 14.8 Å². The van der Waals surface area contributed by atoms with Gasteiger partial charge in [-0.3, -0.25) is 9.78 Å². The second-order valence-corrected chi connectivity index (χ2v) is 3.83. The van der Waals surface area contributed by atoms with Crippen LogP contribution in [0.3, 0.4) is 0 Å². The zero-order valence-electron chi connectivity index (χ0n) is 9.74. The number of aliphatic hydroxyl groups excluding tert-OH is 1. The van der Waals surface area contributed by atoms with Crippen LogP contribution >= 0.6 is 0 Å². The predicted molar refractivity (Wildman–Crippen MR) is 64.9 cm³/mol. The minimum absolute atomic E-state index is 0.241. The molecule has 0 fully saturated rings. The van der Waals surface area contributed by atoms with E-state index in [4.69, 9.17) is 4.42 Å². The van der Waals surface area contributed by atoms with Crippen LogP contribution in [0.25, 0.3) is 0 Å². The quantitative estimate of drug-likeness (QED) is 0.838. The van der Waals surface area contributed by atoms with Crippen LogP contribution in [0.1, 0.15) is 28.6 Å². The van der Waals surface area contributed by atoms with Crippen molar-refractivity contribution in [2.75, 3.05) is 6.54 Å². The molecule has 94 valence electrons. The SMILES string of the molecule is O=C(NCCC(O)c1ccoc1)c1ccccn1. The number of nitrogens with zero attached hydrogens (tertiary/aromatic N) is 1. The van der Waals surface area contributed by atoms with E-state index in [2.05, 4.69) is 10.3 Å². The van der Waals surface area contributed by atoms with Gasteiger partial charge >= 0.3 is 0 Å². The summed E-state index contributed by atoms with van der Waals surface area (Å²) in [4.78, 5) is 15.6. The smallest absolute Gasteiger partial charge is 0.269 e. The molecule has 18 heavy (non-hydrogen) atoms. The van der Waals surface area contributed by atoms with Gasteiger partial charge in [-0.1, -0.05) is 6.07 Å². The molecule has 0 saturated carbocycles. The standard InChI is InChI=1S/C13H14N2O3/c16-12(10-5-8-18-9-10)4-7-15-13(17)11-3-1-2-6-14-11/h1-3,5-6,8-9,12,16H,4,7H2,(H,15,17). The lowest BCUT2D eigenvalue weighted by molar-refractivity contribution is 0.0937. The van der Waals surface area contributed by atoms with Crippen molar-refractivity contribution in [2.24, 2.45) is 0 Å². The van der Waals surface area contributed by atoms with Crippen molar-refractivity contribution in [1.82, 2.24) is 10.3 Å². The molecule has 0 aromatic carbocycles. The lowest BCUT2D eigenvalue weighted by Gasteiger charge is -2.09. The van der Waals surface area contributed by atoms with E-state index in [-0.39, 0.29) is 5.91 Å². The third-order valence-corrected chi connectivity index (χ3v) is 2.53. The van der Waals surface area contributed by atoms with E-state index in [0.29, 0.717) is 24.2 Å². The molecular formula is C13H14N2O3. The maximum atomic E-state index is 11.6. The van der Waals surface area contributed by atoms with Gasteiger partial charge in [-0.2, -0.15) is 0 Å². The van der Waals surface area contributed by atoms with E-state index in [0.717, 1.165) is 0 Å². The third-order valence-electron chi connectivity index (χ3n) is 2.53. The highest BCUT2D eigenvalue weighted by atomic mass is 16.3. The van der Waals surface area contributed by atoms with E-state index in [1.165, 1.54) is 12.5 Å². The molecular weight excluding hydrogens is 232 g/mol. The molecule has 2 rings (SSSR count). The van der Waals surface area contributed by atoms with Crippen LogP contribution in [-0.4, -0.2) is 22.5 Å². The van der Waals surface area contributed by atoms with E-state index in [1.807, 2.05) is 0 Å². The molecule has 0 spiro atoms. The molecule has 1 amide bonds. The van der Waals surface area contributed by atoms with Crippen LogP contribution in [0.5, 0.6) is 0 Å². The highest BCUT2D eigenvalue weighted by molar-refractivity contribution is 5.92. The maximum Gasteiger partial charge on any atom is 0.269 e. The number of aromatic nitrogens is 1. The number of pyridine rings is 1. The Morgan fingerprint density at radius 3 is 3.00 bits per heavy atom. The second-order valence-electron chi connectivity index (χ2n) is 3.83. The summed E-state index contributed by atoms with van der Waals surface area (Å²) >= 11 is 0. The number of carbonyl (C=O) groups excluding carboxylic acids is 1. The Kier molecular flexibility index (Phi) is 4.09. The van der Waals surface area contributed by atoms with Crippen molar-refractivity contribution in [2.45, 2.75) is 12.5 Å². The van der Waals surface area contributed by atoms with Crippen molar-refractivity contribution in [3.05, 3.63) is 54.2 Å². The number of furan rings is 1. The lowest BCUT2D eigenvalue weighted by Crippen LogP contribution is -2.26. The van der Waals surface area contributed by atoms with Crippen molar-refractivity contribution in [3.8, 4) is 0 Å². The minimum Gasteiger partial charge on any atom is -0.472 e. The van der Waals surface area contributed by atoms with Crippen LogP contribution < -0.4 is 5.32 Å². The fraction of sp³-hybridized carbons (Fsp3) is 0.231. The number of nitrogens with one attached hydrogen (secondary N) is 1. The maximum absolute atomic E-state index is 11.6. The first-order chi connectivity index (χ1) is 8.77. The molecule has 0 bridgehead atoms. The van der Waals surface area contributed by atoms with Crippen molar-refractivity contribution in [3.63, 3.8) is 0 Å². The number of hydrogen-bond acceptors (Lipinski definition) is 4. The van der Waals surface area contributed by atoms with Gasteiger partial charge in [-0.15, -0.1) is 0 Å². The molecule has 0 aliphatic carbocycles. The first-order valence-corrected chi connectivity index (χ1v) is 5.67. The zero-order chi connectivity index (χ0) is 12.8. The van der Waals surface area contributed by atoms with Crippen LogP contribution in [-0.2, 0) is 0 Å². The van der Waals surface area contributed by atoms with E-state index in [1.54, 1.807) is 30.5 Å². The first kappa shape index (κ1) is 12.3. The average Bonchev–Trinajstić information content (AvgIpc) is 2.93. The summed E-state index contributed by atoms with van der Waals surface area (Å²) in [6.07, 6.45) is 4.36.